The standard InChI is InChI=1S/C10H15N5O/c1-2-3-8(6-11)10(16)12-5-4-9-13-7-14-15-9/h7-8H,2-5H2,1H3,(H,12,16)(H,13,14,15). The summed E-state index contributed by atoms with van der Waals surface area (Å²) < 4.78 is 0. The third-order valence-corrected chi connectivity index (χ3v) is 2.18. The fourth-order valence-electron chi connectivity index (χ4n) is 1.32. The number of rotatable bonds is 6. The molecule has 16 heavy (non-hydrogen) atoms. The van der Waals surface area contributed by atoms with E-state index in [0.717, 1.165) is 12.2 Å². The van der Waals surface area contributed by atoms with Crippen molar-refractivity contribution in [3.8, 4) is 6.07 Å². The third-order valence-electron chi connectivity index (χ3n) is 2.18. The molecule has 6 nitrogen and oxygen atoms in total. The van der Waals surface area contributed by atoms with E-state index in [4.69, 9.17) is 5.26 Å². The molecule has 1 rings (SSSR count). The molecule has 0 aliphatic rings. The molecular formula is C10H15N5O. The van der Waals surface area contributed by atoms with E-state index in [1.165, 1.54) is 6.33 Å². The largest absolute Gasteiger partial charge is 0.355 e. The Balaban J connectivity index is 2.27. The number of amides is 1. The molecule has 0 aliphatic heterocycles. The first-order valence-electron chi connectivity index (χ1n) is 5.29. The Bertz CT molecular complexity index is 354. The van der Waals surface area contributed by atoms with Crippen LogP contribution < -0.4 is 5.32 Å². The molecule has 2 N–H and O–H groups in total. The lowest BCUT2D eigenvalue weighted by atomic mass is 10.1. The molecule has 1 aromatic heterocycles. The van der Waals surface area contributed by atoms with E-state index in [0.29, 0.717) is 19.4 Å². The molecule has 86 valence electrons. The van der Waals surface area contributed by atoms with Crippen LogP contribution in [0.2, 0.25) is 0 Å². The number of H-pyrrole nitrogens is 1. The zero-order valence-corrected chi connectivity index (χ0v) is 9.23. The van der Waals surface area contributed by atoms with E-state index in [9.17, 15) is 4.79 Å². The van der Waals surface area contributed by atoms with Crippen LogP contribution in [0.1, 0.15) is 25.6 Å². The molecule has 0 aliphatic carbocycles. The summed E-state index contributed by atoms with van der Waals surface area (Å²) >= 11 is 0. The highest BCUT2D eigenvalue weighted by atomic mass is 16.1. The van der Waals surface area contributed by atoms with Gasteiger partial charge in [-0.05, 0) is 6.42 Å². The van der Waals surface area contributed by atoms with E-state index in [2.05, 4.69) is 20.5 Å². The minimum Gasteiger partial charge on any atom is -0.355 e. The third kappa shape index (κ3) is 3.69. The van der Waals surface area contributed by atoms with Gasteiger partial charge < -0.3 is 5.32 Å². The number of nitriles is 1. The maximum atomic E-state index is 11.5. The van der Waals surface area contributed by atoms with Gasteiger partial charge in [-0.2, -0.15) is 10.4 Å². The van der Waals surface area contributed by atoms with Crippen LogP contribution in [0.4, 0.5) is 0 Å². The van der Waals surface area contributed by atoms with E-state index < -0.39 is 5.92 Å². The van der Waals surface area contributed by atoms with Crippen molar-refractivity contribution in [2.75, 3.05) is 6.54 Å². The van der Waals surface area contributed by atoms with Crippen molar-refractivity contribution >= 4 is 5.91 Å². The molecule has 0 saturated heterocycles. The minimum absolute atomic E-state index is 0.205. The fourth-order valence-corrected chi connectivity index (χ4v) is 1.32. The molecule has 0 bridgehead atoms. The number of carbonyl (C=O) groups is 1. The molecule has 6 heteroatoms. The summed E-state index contributed by atoms with van der Waals surface area (Å²) in [7, 11) is 0. The zero-order chi connectivity index (χ0) is 11.8. The van der Waals surface area contributed by atoms with Gasteiger partial charge in [0.1, 0.15) is 18.1 Å². The molecule has 0 saturated carbocycles. The van der Waals surface area contributed by atoms with E-state index in [-0.39, 0.29) is 5.91 Å². The summed E-state index contributed by atoms with van der Waals surface area (Å²) in [6.45, 7) is 2.42. The quantitative estimate of drug-likeness (QED) is 0.727. The molecule has 0 spiro atoms. The average Bonchev–Trinajstić information content (AvgIpc) is 2.78. The lowest BCUT2D eigenvalue weighted by molar-refractivity contribution is -0.123. The lowest BCUT2D eigenvalue weighted by Gasteiger charge is -2.07. The van der Waals surface area contributed by atoms with Crippen LogP contribution in [0, 0.1) is 17.2 Å². The van der Waals surface area contributed by atoms with Gasteiger partial charge in [0.2, 0.25) is 5.91 Å². The van der Waals surface area contributed by atoms with Crippen molar-refractivity contribution in [3.63, 3.8) is 0 Å². The fraction of sp³-hybridized carbons (Fsp3) is 0.600. The summed E-state index contributed by atoms with van der Waals surface area (Å²) in [6, 6.07) is 2.00. The first-order valence-corrected chi connectivity index (χ1v) is 5.29. The number of carbonyl (C=O) groups excluding carboxylic acids is 1. The Kier molecular flexibility index (Phi) is 4.99. The Labute approximate surface area is 94.1 Å². The van der Waals surface area contributed by atoms with Gasteiger partial charge in [-0.15, -0.1) is 0 Å². The zero-order valence-electron chi connectivity index (χ0n) is 9.23. The van der Waals surface area contributed by atoms with Crippen LogP contribution in [0.5, 0.6) is 0 Å². The number of aromatic amines is 1. The van der Waals surface area contributed by atoms with Gasteiger partial charge in [0.05, 0.1) is 6.07 Å². The Morgan fingerprint density at radius 2 is 2.56 bits per heavy atom. The van der Waals surface area contributed by atoms with Gasteiger partial charge in [0.25, 0.3) is 0 Å². The van der Waals surface area contributed by atoms with Crippen LogP contribution in [0.15, 0.2) is 6.33 Å². The normalized spacial score (nSPS) is 11.8. The number of hydrogen-bond acceptors (Lipinski definition) is 4. The molecule has 0 aromatic carbocycles. The average molecular weight is 221 g/mol. The predicted molar refractivity (Wildman–Crippen MR) is 57.1 cm³/mol. The van der Waals surface area contributed by atoms with Gasteiger partial charge in [0, 0.05) is 13.0 Å². The second-order valence-electron chi connectivity index (χ2n) is 3.44. The SMILES string of the molecule is CCCC(C#N)C(=O)NCCc1ncn[nH]1. The summed E-state index contributed by atoms with van der Waals surface area (Å²) in [5.74, 6) is -0.0205. The Morgan fingerprint density at radius 1 is 1.75 bits per heavy atom. The van der Waals surface area contributed by atoms with Crippen LogP contribution >= 0.6 is 0 Å². The maximum Gasteiger partial charge on any atom is 0.237 e. The highest BCUT2D eigenvalue weighted by Crippen LogP contribution is 2.04. The molecule has 1 aromatic rings. The molecule has 1 amide bonds. The first kappa shape index (κ1) is 12.2. The van der Waals surface area contributed by atoms with E-state index in [1.807, 2.05) is 13.0 Å². The lowest BCUT2D eigenvalue weighted by Crippen LogP contribution is -2.31. The van der Waals surface area contributed by atoms with Crippen molar-refractivity contribution in [3.05, 3.63) is 12.2 Å². The predicted octanol–water partition coefficient (Wildman–Crippen LogP) is 0.403. The van der Waals surface area contributed by atoms with Crippen LogP contribution in [-0.2, 0) is 11.2 Å². The molecule has 0 fully saturated rings. The monoisotopic (exact) mass is 221 g/mol. The number of nitrogens with zero attached hydrogens (tertiary/aromatic N) is 3. The Morgan fingerprint density at radius 3 is 3.12 bits per heavy atom. The van der Waals surface area contributed by atoms with Crippen molar-refractivity contribution in [2.24, 2.45) is 5.92 Å². The van der Waals surface area contributed by atoms with Gasteiger partial charge in [-0.3, -0.25) is 9.89 Å². The summed E-state index contributed by atoms with van der Waals surface area (Å²) in [6.07, 6.45) is 3.45. The molecular weight excluding hydrogens is 206 g/mol. The maximum absolute atomic E-state index is 11.5. The van der Waals surface area contributed by atoms with Gasteiger partial charge in [-0.25, -0.2) is 4.98 Å². The molecule has 1 atom stereocenters. The highest BCUT2D eigenvalue weighted by molar-refractivity contribution is 5.80. The first-order chi connectivity index (χ1) is 7.77. The van der Waals surface area contributed by atoms with Crippen LogP contribution in [0.25, 0.3) is 0 Å². The van der Waals surface area contributed by atoms with E-state index >= 15 is 0 Å². The molecule has 1 heterocycles. The van der Waals surface area contributed by atoms with Gasteiger partial charge >= 0.3 is 0 Å². The second kappa shape index (κ2) is 6.56. The second-order valence-corrected chi connectivity index (χ2v) is 3.44. The molecule has 0 radical (unpaired) electrons. The smallest absolute Gasteiger partial charge is 0.237 e. The van der Waals surface area contributed by atoms with Crippen molar-refractivity contribution in [2.45, 2.75) is 26.2 Å². The van der Waals surface area contributed by atoms with Gasteiger partial charge in [0.15, 0.2) is 0 Å². The van der Waals surface area contributed by atoms with Crippen molar-refractivity contribution < 1.29 is 4.79 Å². The van der Waals surface area contributed by atoms with Crippen molar-refractivity contribution in [1.29, 1.82) is 5.26 Å². The van der Waals surface area contributed by atoms with Gasteiger partial charge in [-0.1, -0.05) is 13.3 Å². The van der Waals surface area contributed by atoms with Crippen LogP contribution in [0.3, 0.4) is 0 Å². The molecule has 1 unspecified atom stereocenters. The number of aromatic nitrogens is 3. The number of hydrogen-bond donors (Lipinski definition) is 2. The highest BCUT2D eigenvalue weighted by Gasteiger charge is 2.15. The summed E-state index contributed by atoms with van der Waals surface area (Å²) in [5.41, 5.74) is 0. The minimum atomic E-state index is -0.542. The Hall–Kier alpha value is -1.90. The number of nitrogens with one attached hydrogen (secondary N) is 2. The van der Waals surface area contributed by atoms with Crippen molar-refractivity contribution in [1.82, 2.24) is 20.5 Å². The topological polar surface area (TPSA) is 94.5 Å². The van der Waals surface area contributed by atoms with Crippen LogP contribution in [-0.4, -0.2) is 27.6 Å². The summed E-state index contributed by atoms with van der Waals surface area (Å²) in [4.78, 5) is 15.4. The van der Waals surface area contributed by atoms with E-state index in [1.54, 1.807) is 0 Å². The summed E-state index contributed by atoms with van der Waals surface area (Å²) in [5, 5.41) is 17.9.